The van der Waals surface area contributed by atoms with Crippen LogP contribution in [0, 0.1) is 0 Å². The molecule has 3 nitrogen and oxygen atoms in total. The molecular weight excluding hydrogens is 246 g/mol. The molecule has 76 valence electrons. The van der Waals surface area contributed by atoms with Gasteiger partial charge in [0.25, 0.3) is 0 Å². The molecule has 0 aliphatic heterocycles. The molecule has 0 heterocycles. The van der Waals surface area contributed by atoms with Crippen LogP contribution >= 0.6 is 0 Å². The molecule has 0 aromatic heterocycles. The van der Waals surface area contributed by atoms with E-state index >= 15 is 0 Å². The van der Waals surface area contributed by atoms with E-state index in [1.54, 1.807) is 12.1 Å². The molecule has 1 aromatic rings. The largest absolute Gasteiger partial charge is 2.00 e. The van der Waals surface area contributed by atoms with Crippen LogP contribution in [-0.4, -0.2) is 11.1 Å². The Balaban J connectivity index is 0.00000196. The van der Waals surface area contributed by atoms with Crippen LogP contribution in [0.3, 0.4) is 0 Å². The number of aromatic carboxylic acids is 1. The molecule has 0 aliphatic rings. The van der Waals surface area contributed by atoms with Crippen LogP contribution in [0.5, 0.6) is 5.75 Å². The Bertz CT molecular complexity index is 367. The second-order valence-electron chi connectivity index (χ2n) is 4.24. The number of para-hydroxylation sites is 1. The van der Waals surface area contributed by atoms with E-state index in [0.717, 1.165) is 0 Å². The third kappa shape index (κ3) is 3.03. The zero-order chi connectivity index (χ0) is 10.9. The summed E-state index contributed by atoms with van der Waals surface area (Å²) < 4.78 is 0. The van der Waals surface area contributed by atoms with E-state index in [-0.39, 0.29) is 36.2 Å². The molecule has 1 aromatic carbocycles. The number of rotatable bonds is 1. The third-order valence-electron chi connectivity index (χ3n) is 2.05. The molecule has 0 saturated carbocycles. The van der Waals surface area contributed by atoms with E-state index in [2.05, 4.69) is 0 Å². The maximum atomic E-state index is 11.7. The molecule has 0 bridgehead atoms. The van der Waals surface area contributed by atoms with Crippen LogP contribution < -0.4 is 5.11 Å². The summed E-state index contributed by atoms with van der Waals surface area (Å²) >= 11 is 0. The number of hydrogen-bond donors (Lipinski definition) is 1. The van der Waals surface area contributed by atoms with Gasteiger partial charge in [-0.15, -0.1) is 0 Å². The van der Waals surface area contributed by atoms with Gasteiger partial charge in [-0.25, -0.2) is 4.79 Å². The Labute approximate surface area is 102 Å². The topological polar surface area (TPSA) is 60.4 Å². The van der Waals surface area contributed by atoms with E-state index in [1.807, 2.05) is 20.8 Å². The predicted octanol–water partition coefficient (Wildman–Crippen LogP) is 1.75. The summed E-state index contributed by atoms with van der Waals surface area (Å²) in [6.45, 7) is 5.65. The second-order valence-corrected chi connectivity index (χ2v) is 4.24. The minimum atomic E-state index is -1.17. The number of benzene rings is 1. The first-order chi connectivity index (χ1) is 6.34. The number of hydrogen-bond acceptors (Lipinski definition) is 2. The first-order valence-electron chi connectivity index (χ1n) is 4.38. The fraction of sp³-hybridized carbons (Fsp3) is 0.364. The molecular formula is C11H13O3Zn+. The summed E-state index contributed by atoms with van der Waals surface area (Å²) in [7, 11) is 0. The van der Waals surface area contributed by atoms with Crippen LogP contribution in [-0.2, 0) is 24.9 Å². The Morgan fingerprint density at radius 2 is 1.87 bits per heavy atom. The van der Waals surface area contributed by atoms with Crippen molar-refractivity contribution in [3.05, 3.63) is 29.3 Å². The third-order valence-corrected chi connectivity index (χ3v) is 2.05. The van der Waals surface area contributed by atoms with Crippen LogP contribution in [0.15, 0.2) is 18.2 Å². The standard InChI is InChI=1S/C11H14O3.Zn/c1-11(2,3)8-6-4-5-7(9(8)12)10(13)14;/h4-6,12H,1-3H3,(H,13,14);/q;+2/p-1. The molecule has 1 rings (SSSR count). The normalized spacial score (nSPS) is 10.6. The van der Waals surface area contributed by atoms with Crippen LogP contribution in [0.2, 0.25) is 0 Å². The zero-order valence-electron chi connectivity index (χ0n) is 9.20. The van der Waals surface area contributed by atoms with Gasteiger partial charge in [0.2, 0.25) is 0 Å². The molecule has 0 atom stereocenters. The summed E-state index contributed by atoms with van der Waals surface area (Å²) in [5, 5.41) is 20.4. The smallest absolute Gasteiger partial charge is 0.872 e. The molecule has 0 fully saturated rings. The summed E-state index contributed by atoms with van der Waals surface area (Å²) in [6.07, 6.45) is 0. The molecule has 0 radical (unpaired) electrons. The minimum absolute atomic E-state index is 0. The average Bonchev–Trinajstić information content (AvgIpc) is 2.01. The minimum Gasteiger partial charge on any atom is -0.872 e. The quantitative estimate of drug-likeness (QED) is 0.781. The van der Waals surface area contributed by atoms with Crippen molar-refractivity contribution in [2.75, 3.05) is 0 Å². The molecule has 15 heavy (non-hydrogen) atoms. The van der Waals surface area contributed by atoms with E-state index < -0.39 is 5.97 Å². The van der Waals surface area contributed by atoms with E-state index in [9.17, 15) is 9.90 Å². The SMILES string of the molecule is CC(C)(C)c1cccc(C(=O)O)c1[O-].[Zn+2]. The molecule has 1 N–H and O–H groups in total. The first-order valence-corrected chi connectivity index (χ1v) is 4.38. The van der Waals surface area contributed by atoms with Crippen LogP contribution in [0.1, 0.15) is 36.7 Å². The van der Waals surface area contributed by atoms with Gasteiger partial charge >= 0.3 is 25.4 Å². The average molecular weight is 259 g/mol. The van der Waals surface area contributed by atoms with Crippen molar-refractivity contribution in [1.29, 1.82) is 0 Å². The molecule has 4 heteroatoms. The van der Waals surface area contributed by atoms with Gasteiger partial charge in [-0.05, 0) is 17.0 Å². The summed E-state index contributed by atoms with van der Waals surface area (Å²) in [6, 6.07) is 4.61. The van der Waals surface area contributed by atoms with E-state index in [0.29, 0.717) is 5.56 Å². The van der Waals surface area contributed by atoms with Crippen molar-refractivity contribution >= 4 is 5.97 Å². The van der Waals surface area contributed by atoms with Crippen molar-refractivity contribution in [1.82, 2.24) is 0 Å². The predicted molar refractivity (Wildman–Crippen MR) is 51.5 cm³/mol. The van der Waals surface area contributed by atoms with Gasteiger partial charge in [-0.2, -0.15) is 0 Å². The van der Waals surface area contributed by atoms with Crippen molar-refractivity contribution in [2.45, 2.75) is 26.2 Å². The molecule has 0 amide bonds. The number of carboxylic acids is 1. The van der Waals surface area contributed by atoms with Crippen LogP contribution in [0.25, 0.3) is 0 Å². The number of carbonyl (C=O) groups is 1. The van der Waals surface area contributed by atoms with Crippen molar-refractivity contribution in [3.8, 4) is 5.75 Å². The Kier molecular flexibility index (Phi) is 4.48. The van der Waals surface area contributed by atoms with Gasteiger partial charge in [0.1, 0.15) is 0 Å². The van der Waals surface area contributed by atoms with Crippen molar-refractivity contribution < 1.29 is 34.5 Å². The van der Waals surface area contributed by atoms with Crippen molar-refractivity contribution in [2.24, 2.45) is 0 Å². The molecule has 0 unspecified atom stereocenters. The van der Waals surface area contributed by atoms with Gasteiger partial charge in [-0.1, -0.05) is 38.7 Å². The summed E-state index contributed by atoms with van der Waals surface area (Å²) in [5.41, 5.74) is 0.0672. The summed E-state index contributed by atoms with van der Waals surface area (Å²) in [5.74, 6) is -1.55. The van der Waals surface area contributed by atoms with E-state index in [1.165, 1.54) is 6.07 Å². The van der Waals surface area contributed by atoms with Crippen LogP contribution in [0.4, 0.5) is 0 Å². The number of carboxylic acid groups (broad SMARTS) is 1. The van der Waals surface area contributed by atoms with E-state index in [4.69, 9.17) is 5.11 Å². The fourth-order valence-corrected chi connectivity index (χ4v) is 1.30. The second kappa shape index (κ2) is 4.76. The van der Waals surface area contributed by atoms with Gasteiger partial charge in [-0.3, -0.25) is 0 Å². The maximum Gasteiger partial charge on any atom is 2.00 e. The van der Waals surface area contributed by atoms with Gasteiger partial charge in [0.15, 0.2) is 0 Å². The van der Waals surface area contributed by atoms with Gasteiger partial charge in [0, 0.05) is 0 Å². The van der Waals surface area contributed by atoms with Gasteiger partial charge in [0.05, 0.1) is 5.56 Å². The van der Waals surface area contributed by atoms with Gasteiger partial charge < -0.3 is 10.2 Å². The Morgan fingerprint density at radius 1 is 1.33 bits per heavy atom. The molecule has 0 spiro atoms. The fourth-order valence-electron chi connectivity index (χ4n) is 1.30. The first kappa shape index (κ1) is 14.1. The van der Waals surface area contributed by atoms with Crippen molar-refractivity contribution in [3.63, 3.8) is 0 Å². The maximum absolute atomic E-state index is 11.7. The monoisotopic (exact) mass is 257 g/mol. The Morgan fingerprint density at radius 3 is 2.27 bits per heavy atom. The summed E-state index contributed by atoms with van der Waals surface area (Å²) in [4.78, 5) is 10.7. The molecule has 0 aliphatic carbocycles. The Hall–Kier alpha value is -0.887. The molecule has 0 saturated heterocycles. The zero-order valence-corrected chi connectivity index (χ0v) is 12.2.